The van der Waals surface area contributed by atoms with Crippen LogP contribution in [0.5, 0.6) is 0 Å². The number of nitrogens with zero attached hydrogens (tertiary/aromatic N) is 2. The van der Waals surface area contributed by atoms with E-state index >= 15 is 0 Å². The van der Waals surface area contributed by atoms with Crippen molar-refractivity contribution in [2.24, 2.45) is 0 Å². The topological polar surface area (TPSA) is 79.0 Å². The van der Waals surface area contributed by atoms with Crippen LogP contribution in [-0.2, 0) is 14.8 Å². The van der Waals surface area contributed by atoms with Gasteiger partial charge in [0.1, 0.15) is 0 Å². The summed E-state index contributed by atoms with van der Waals surface area (Å²) in [4.78, 5) is 14.1. The molecule has 2 fully saturated rings. The molecule has 9 heteroatoms. The Hall–Kier alpha value is -1.19. The second-order valence-electron chi connectivity index (χ2n) is 6.26. The van der Waals surface area contributed by atoms with Crippen molar-refractivity contribution in [3.8, 4) is 0 Å². The summed E-state index contributed by atoms with van der Waals surface area (Å²) in [5.74, 6) is -0.612. The molecule has 0 saturated carbocycles. The van der Waals surface area contributed by atoms with E-state index in [1.165, 1.54) is 29.6 Å². The van der Waals surface area contributed by atoms with Gasteiger partial charge in [0.05, 0.1) is 17.6 Å². The van der Waals surface area contributed by atoms with Crippen LogP contribution in [0.4, 0.5) is 0 Å². The third-order valence-corrected chi connectivity index (χ3v) is 6.79. The highest BCUT2D eigenvalue weighted by Gasteiger charge is 2.36. The minimum atomic E-state index is -3.70. The highest BCUT2D eigenvalue weighted by atomic mass is 35.5. The smallest absolute Gasteiger partial charge is 0.337 e. The van der Waals surface area contributed by atoms with Crippen molar-refractivity contribution in [3.63, 3.8) is 0 Å². The molecule has 0 aromatic heterocycles. The van der Waals surface area contributed by atoms with Gasteiger partial charge < -0.3 is 10.1 Å². The van der Waals surface area contributed by atoms with Crippen molar-refractivity contribution >= 4 is 27.6 Å². The van der Waals surface area contributed by atoms with Gasteiger partial charge in [0.15, 0.2) is 0 Å². The van der Waals surface area contributed by atoms with Crippen molar-refractivity contribution in [2.45, 2.75) is 17.4 Å². The van der Waals surface area contributed by atoms with Crippen molar-refractivity contribution < 1.29 is 17.9 Å². The van der Waals surface area contributed by atoms with E-state index in [9.17, 15) is 13.2 Å². The standard InChI is InChI=1S/C16H22ClN3O4S/c1-24-16(21)12-8-13(17)10-15(9-12)25(22,23)20-5-2-14(11-20)19-6-3-18-4-7-19/h8-10,14,18H,2-7,11H2,1H3. The lowest BCUT2D eigenvalue weighted by Crippen LogP contribution is -2.49. The molecule has 7 nitrogen and oxygen atoms in total. The highest BCUT2D eigenvalue weighted by Crippen LogP contribution is 2.27. The van der Waals surface area contributed by atoms with Crippen LogP contribution in [0, 0.1) is 0 Å². The van der Waals surface area contributed by atoms with Gasteiger partial charge >= 0.3 is 5.97 Å². The Balaban J connectivity index is 1.80. The maximum Gasteiger partial charge on any atom is 0.337 e. The zero-order valence-corrected chi connectivity index (χ0v) is 15.6. The number of halogens is 1. The lowest BCUT2D eigenvalue weighted by atomic mass is 10.2. The third-order valence-electron chi connectivity index (χ3n) is 4.72. The van der Waals surface area contributed by atoms with Crippen LogP contribution in [0.3, 0.4) is 0 Å². The minimum absolute atomic E-state index is 0.0290. The molecule has 1 aromatic carbocycles. The number of rotatable bonds is 4. The second-order valence-corrected chi connectivity index (χ2v) is 8.63. The van der Waals surface area contributed by atoms with E-state index in [1.54, 1.807) is 0 Å². The number of sulfonamides is 1. The first kappa shape index (κ1) is 18.6. The molecule has 2 aliphatic rings. The number of carbonyl (C=O) groups is 1. The zero-order valence-electron chi connectivity index (χ0n) is 14.1. The molecule has 1 unspecified atom stereocenters. The van der Waals surface area contributed by atoms with Gasteiger partial charge in [-0.15, -0.1) is 0 Å². The number of hydrogen-bond donors (Lipinski definition) is 1. The quantitative estimate of drug-likeness (QED) is 0.770. The molecule has 2 aliphatic heterocycles. The average Bonchev–Trinajstić information content (AvgIpc) is 3.12. The first-order valence-corrected chi connectivity index (χ1v) is 10.1. The minimum Gasteiger partial charge on any atom is -0.465 e. The molecular formula is C16H22ClN3O4S. The Kier molecular flexibility index (Phi) is 5.65. The van der Waals surface area contributed by atoms with E-state index in [2.05, 4.69) is 15.0 Å². The predicted molar refractivity (Wildman–Crippen MR) is 94.4 cm³/mol. The molecule has 0 amide bonds. The van der Waals surface area contributed by atoms with Crippen LogP contribution in [0.2, 0.25) is 5.02 Å². The van der Waals surface area contributed by atoms with Gasteiger partial charge in [0, 0.05) is 50.3 Å². The molecule has 1 N–H and O–H groups in total. The number of nitrogens with one attached hydrogen (secondary N) is 1. The molecule has 0 spiro atoms. The Morgan fingerprint density at radius 2 is 1.96 bits per heavy atom. The SMILES string of the molecule is COC(=O)c1cc(Cl)cc(S(=O)(=O)N2CCC(N3CCNCC3)C2)c1. The molecular weight excluding hydrogens is 366 g/mol. The number of methoxy groups -OCH3 is 1. The molecule has 2 heterocycles. The van der Waals surface area contributed by atoms with Crippen molar-refractivity contribution in [3.05, 3.63) is 28.8 Å². The Morgan fingerprint density at radius 3 is 2.64 bits per heavy atom. The fourth-order valence-electron chi connectivity index (χ4n) is 3.37. The van der Waals surface area contributed by atoms with Crippen LogP contribution in [0.15, 0.2) is 23.1 Å². The van der Waals surface area contributed by atoms with Crippen LogP contribution < -0.4 is 5.32 Å². The molecule has 1 atom stereocenters. The lowest BCUT2D eigenvalue weighted by Gasteiger charge is -2.32. The first-order chi connectivity index (χ1) is 11.9. The number of hydrogen-bond acceptors (Lipinski definition) is 6. The van der Waals surface area contributed by atoms with Crippen molar-refractivity contribution in [2.75, 3.05) is 46.4 Å². The third kappa shape index (κ3) is 3.98. The zero-order chi connectivity index (χ0) is 18.0. The van der Waals surface area contributed by atoms with Gasteiger partial charge in [0.2, 0.25) is 10.0 Å². The summed E-state index contributed by atoms with van der Waals surface area (Å²) in [6.07, 6.45) is 0.809. The van der Waals surface area contributed by atoms with Gasteiger partial charge in [0.25, 0.3) is 0 Å². The number of esters is 1. The molecule has 2 saturated heterocycles. The number of carbonyl (C=O) groups excluding carboxylic acids is 1. The van der Waals surface area contributed by atoms with Gasteiger partial charge in [-0.2, -0.15) is 4.31 Å². The Morgan fingerprint density at radius 1 is 1.24 bits per heavy atom. The molecule has 1 aromatic rings. The van der Waals surface area contributed by atoms with Crippen LogP contribution >= 0.6 is 11.6 Å². The fraction of sp³-hybridized carbons (Fsp3) is 0.562. The predicted octanol–water partition coefficient (Wildman–Crippen LogP) is 0.795. The number of ether oxygens (including phenoxy) is 1. The molecule has 138 valence electrons. The summed E-state index contributed by atoms with van der Waals surface area (Å²) >= 11 is 6.01. The van der Waals surface area contributed by atoms with E-state index in [1.807, 2.05) is 0 Å². The number of benzene rings is 1. The van der Waals surface area contributed by atoms with E-state index in [4.69, 9.17) is 11.6 Å². The van der Waals surface area contributed by atoms with Crippen LogP contribution in [-0.4, -0.2) is 76.0 Å². The number of piperazine rings is 1. The van der Waals surface area contributed by atoms with Crippen molar-refractivity contribution in [1.82, 2.24) is 14.5 Å². The molecule has 0 bridgehead atoms. The van der Waals surface area contributed by atoms with Gasteiger partial charge in [-0.3, -0.25) is 4.90 Å². The largest absolute Gasteiger partial charge is 0.465 e. The summed E-state index contributed by atoms with van der Waals surface area (Å²) in [5.41, 5.74) is 0.131. The maximum absolute atomic E-state index is 13.0. The highest BCUT2D eigenvalue weighted by molar-refractivity contribution is 7.89. The van der Waals surface area contributed by atoms with Crippen LogP contribution in [0.25, 0.3) is 0 Å². The van der Waals surface area contributed by atoms with Crippen LogP contribution in [0.1, 0.15) is 16.8 Å². The molecule has 3 rings (SSSR count). The molecule has 25 heavy (non-hydrogen) atoms. The Bertz CT molecular complexity index is 750. The lowest BCUT2D eigenvalue weighted by molar-refractivity contribution is 0.0600. The van der Waals surface area contributed by atoms with E-state index in [0.29, 0.717) is 13.1 Å². The average molecular weight is 388 g/mol. The Labute approximate surface area is 152 Å². The summed E-state index contributed by atoms with van der Waals surface area (Å²) in [6.45, 7) is 4.66. The monoisotopic (exact) mass is 387 g/mol. The summed E-state index contributed by atoms with van der Waals surface area (Å²) < 4.78 is 32.1. The normalized spacial score (nSPS) is 22.9. The fourth-order valence-corrected chi connectivity index (χ4v) is 5.23. The van der Waals surface area contributed by atoms with E-state index in [-0.39, 0.29) is 21.5 Å². The van der Waals surface area contributed by atoms with Gasteiger partial charge in [-0.25, -0.2) is 13.2 Å². The molecule has 0 radical (unpaired) electrons. The summed E-state index contributed by atoms with van der Waals surface area (Å²) in [5, 5.41) is 3.50. The summed E-state index contributed by atoms with van der Waals surface area (Å²) in [7, 11) is -2.45. The maximum atomic E-state index is 13.0. The van der Waals surface area contributed by atoms with E-state index < -0.39 is 16.0 Å². The second kappa shape index (κ2) is 7.59. The van der Waals surface area contributed by atoms with Gasteiger partial charge in [-0.1, -0.05) is 11.6 Å². The van der Waals surface area contributed by atoms with Gasteiger partial charge in [-0.05, 0) is 24.6 Å². The first-order valence-electron chi connectivity index (χ1n) is 8.25. The van der Waals surface area contributed by atoms with Crippen molar-refractivity contribution in [1.29, 1.82) is 0 Å². The molecule has 0 aliphatic carbocycles. The summed E-state index contributed by atoms with van der Waals surface area (Å²) in [6, 6.07) is 4.34. The van der Waals surface area contributed by atoms with E-state index in [0.717, 1.165) is 32.6 Å².